The van der Waals surface area contributed by atoms with Crippen LogP contribution in [0.1, 0.15) is 61.8 Å². The standard InChI is InChI=1S/C21H31N3O2/c1-5-18-14-20(24(4)23-18)21(25)22-15-17-10-8-11-19(13-17)26-12-7-6-9-16(2)3/h8,10-11,13-14,16H,5-7,9,12,15H2,1-4H3,(H,22,25). The lowest BCUT2D eigenvalue weighted by molar-refractivity contribution is 0.0941. The molecule has 26 heavy (non-hydrogen) atoms. The van der Waals surface area contributed by atoms with Crippen LogP contribution in [-0.2, 0) is 20.0 Å². The van der Waals surface area contributed by atoms with Crippen molar-refractivity contribution in [1.29, 1.82) is 0 Å². The molecule has 1 aromatic heterocycles. The van der Waals surface area contributed by atoms with Crippen LogP contribution >= 0.6 is 0 Å². The SMILES string of the molecule is CCc1cc(C(=O)NCc2cccc(OCCCCC(C)C)c2)n(C)n1. The van der Waals surface area contributed by atoms with Crippen LogP contribution in [0, 0.1) is 5.92 Å². The number of carbonyl (C=O) groups is 1. The highest BCUT2D eigenvalue weighted by molar-refractivity contribution is 5.92. The first-order valence-electron chi connectivity index (χ1n) is 9.52. The Morgan fingerprint density at radius 1 is 1.27 bits per heavy atom. The van der Waals surface area contributed by atoms with Gasteiger partial charge in [0.05, 0.1) is 12.3 Å². The molecular weight excluding hydrogens is 326 g/mol. The van der Waals surface area contributed by atoms with Crippen LogP contribution in [-0.4, -0.2) is 22.3 Å². The van der Waals surface area contributed by atoms with Crippen molar-refractivity contribution in [2.75, 3.05) is 6.61 Å². The number of amides is 1. The van der Waals surface area contributed by atoms with Crippen molar-refractivity contribution in [3.63, 3.8) is 0 Å². The molecule has 0 saturated carbocycles. The van der Waals surface area contributed by atoms with E-state index in [0.717, 1.165) is 42.4 Å². The average molecular weight is 357 g/mol. The van der Waals surface area contributed by atoms with Gasteiger partial charge >= 0.3 is 0 Å². The zero-order chi connectivity index (χ0) is 18.9. The highest BCUT2D eigenvalue weighted by atomic mass is 16.5. The molecule has 1 amide bonds. The molecule has 0 aliphatic heterocycles. The summed E-state index contributed by atoms with van der Waals surface area (Å²) in [5, 5.41) is 7.27. The summed E-state index contributed by atoms with van der Waals surface area (Å²) in [5.74, 6) is 1.49. The zero-order valence-electron chi connectivity index (χ0n) is 16.4. The molecule has 0 bridgehead atoms. The monoisotopic (exact) mass is 357 g/mol. The summed E-state index contributed by atoms with van der Waals surface area (Å²) >= 11 is 0. The minimum atomic E-state index is -0.111. The topological polar surface area (TPSA) is 56.1 Å². The molecule has 1 heterocycles. The maximum atomic E-state index is 12.3. The molecular formula is C21H31N3O2. The molecule has 2 rings (SSSR count). The lowest BCUT2D eigenvalue weighted by atomic mass is 10.1. The number of aryl methyl sites for hydroxylation is 2. The number of nitrogens with zero attached hydrogens (tertiary/aromatic N) is 2. The minimum Gasteiger partial charge on any atom is -0.494 e. The van der Waals surface area contributed by atoms with Gasteiger partial charge in [0.2, 0.25) is 0 Å². The van der Waals surface area contributed by atoms with Crippen LogP contribution in [0.5, 0.6) is 5.75 Å². The number of carbonyl (C=O) groups excluding carboxylic acids is 1. The van der Waals surface area contributed by atoms with Crippen molar-refractivity contribution in [2.45, 2.75) is 53.0 Å². The van der Waals surface area contributed by atoms with Crippen molar-refractivity contribution >= 4 is 5.91 Å². The first kappa shape index (κ1) is 20.0. The lowest BCUT2D eigenvalue weighted by Crippen LogP contribution is -2.25. The highest BCUT2D eigenvalue weighted by Gasteiger charge is 2.12. The second-order valence-electron chi connectivity index (χ2n) is 7.07. The van der Waals surface area contributed by atoms with Crippen LogP contribution < -0.4 is 10.1 Å². The fourth-order valence-corrected chi connectivity index (χ4v) is 2.77. The van der Waals surface area contributed by atoms with Crippen molar-refractivity contribution in [3.05, 3.63) is 47.3 Å². The minimum absolute atomic E-state index is 0.111. The Bertz CT molecular complexity index is 707. The van der Waals surface area contributed by atoms with Gasteiger partial charge in [-0.05, 0) is 48.9 Å². The highest BCUT2D eigenvalue weighted by Crippen LogP contribution is 2.15. The number of rotatable bonds is 10. The van der Waals surface area contributed by atoms with Gasteiger partial charge in [-0.25, -0.2) is 0 Å². The van der Waals surface area contributed by atoms with Gasteiger partial charge in [-0.15, -0.1) is 0 Å². The molecule has 0 aliphatic rings. The zero-order valence-corrected chi connectivity index (χ0v) is 16.4. The smallest absolute Gasteiger partial charge is 0.269 e. The summed E-state index contributed by atoms with van der Waals surface area (Å²) in [6.07, 6.45) is 4.32. The maximum Gasteiger partial charge on any atom is 0.269 e. The number of hydrogen-bond acceptors (Lipinski definition) is 3. The summed E-state index contributed by atoms with van der Waals surface area (Å²) in [6, 6.07) is 9.74. The number of hydrogen-bond donors (Lipinski definition) is 1. The van der Waals surface area contributed by atoms with E-state index < -0.39 is 0 Å². The fourth-order valence-electron chi connectivity index (χ4n) is 2.77. The molecule has 1 aromatic carbocycles. The summed E-state index contributed by atoms with van der Waals surface area (Å²) in [5.41, 5.74) is 2.53. The van der Waals surface area contributed by atoms with E-state index in [2.05, 4.69) is 24.3 Å². The van der Waals surface area contributed by atoms with E-state index in [1.165, 1.54) is 12.8 Å². The number of unbranched alkanes of at least 4 members (excludes halogenated alkanes) is 1. The lowest BCUT2D eigenvalue weighted by Gasteiger charge is -2.10. The van der Waals surface area contributed by atoms with Gasteiger partial charge in [-0.3, -0.25) is 9.48 Å². The molecule has 5 heteroatoms. The molecule has 0 fully saturated rings. The predicted molar refractivity (Wildman–Crippen MR) is 104 cm³/mol. The van der Waals surface area contributed by atoms with E-state index in [9.17, 15) is 4.79 Å². The molecule has 142 valence electrons. The van der Waals surface area contributed by atoms with Gasteiger partial charge in [-0.1, -0.05) is 39.3 Å². The van der Waals surface area contributed by atoms with Gasteiger partial charge in [0.1, 0.15) is 11.4 Å². The van der Waals surface area contributed by atoms with Gasteiger partial charge in [0.15, 0.2) is 0 Å². The second kappa shape index (κ2) is 10.00. The number of ether oxygens (including phenoxy) is 1. The molecule has 2 aromatic rings. The molecule has 0 saturated heterocycles. The quantitative estimate of drug-likeness (QED) is 0.651. The predicted octanol–water partition coefficient (Wildman–Crippen LogP) is 4.12. The third-order valence-electron chi connectivity index (χ3n) is 4.32. The Balaban J connectivity index is 1.82. The van der Waals surface area contributed by atoms with Gasteiger partial charge in [0, 0.05) is 13.6 Å². The Kier molecular flexibility index (Phi) is 7.70. The second-order valence-corrected chi connectivity index (χ2v) is 7.07. The van der Waals surface area contributed by atoms with Crippen molar-refractivity contribution in [2.24, 2.45) is 13.0 Å². The maximum absolute atomic E-state index is 12.3. The number of benzene rings is 1. The normalized spacial score (nSPS) is 11.0. The van der Waals surface area contributed by atoms with Gasteiger partial charge in [-0.2, -0.15) is 5.10 Å². The van der Waals surface area contributed by atoms with Gasteiger partial charge in [0.25, 0.3) is 5.91 Å². The molecule has 5 nitrogen and oxygen atoms in total. The first-order chi connectivity index (χ1) is 12.5. The van der Waals surface area contributed by atoms with Crippen molar-refractivity contribution < 1.29 is 9.53 Å². The summed E-state index contributed by atoms with van der Waals surface area (Å²) in [4.78, 5) is 12.3. The first-order valence-corrected chi connectivity index (χ1v) is 9.52. The van der Waals surface area contributed by atoms with Crippen LogP contribution in [0.25, 0.3) is 0 Å². The summed E-state index contributed by atoms with van der Waals surface area (Å²) < 4.78 is 7.46. The van der Waals surface area contributed by atoms with Crippen LogP contribution in [0.2, 0.25) is 0 Å². The Labute approximate surface area is 156 Å². The Hall–Kier alpha value is -2.30. The molecule has 0 radical (unpaired) electrons. The molecule has 1 N–H and O–H groups in total. The van der Waals surface area contributed by atoms with E-state index in [-0.39, 0.29) is 5.91 Å². The molecule has 0 unspecified atom stereocenters. The van der Waals surface area contributed by atoms with E-state index in [4.69, 9.17) is 4.74 Å². The van der Waals surface area contributed by atoms with Crippen molar-refractivity contribution in [1.82, 2.24) is 15.1 Å². The molecule has 0 spiro atoms. The molecule has 0 aliphatic carbocycles. The van der Waals surface area contributed by atoms with E-state index in [1.807, 2.05) is 37.3 Å². The van der Waals surface area contributed by atoms with Crippen LogP contribution in [0.15, 0.2) is 30.3 Å². The van der Waals surface area contributed by atoms with Crippen molar-refractivity contribution in [3.8, 4) is 5.75 Å². The van der Waals surface area contributed by atoms with Crippen LogP contribution in [0.3, 0.4) is 0 Å². The van der Waals surface area contributed by atoms with Crippen LogP contribution in [0.4, 0.5) is 0 Å². The Morgan fingerprint density at radius 2 is 2.08 bits per heavy atom. The Morgan fingerprint density at radius 3 is 2.77 bits per heavy atom. The summed E-state index contributed by atoms with van der Waals surface area (Å²) in [6.45, 7) is 7.71. The molecule has 0 atom stereocenters. The third kappa shape index (κ3) is 6.21. The van der Waals surface area contributed by atoms with E-state index >= 15 is 0 Å². The van der Waals surface area contributed by atoms with Gasteiger partial charge < -0.3 is 10.1 Å². The van der Waals surface area contributed by atoms with E-state index in [1.54, 1.807) is 11.7 Å². The number of nitrogens with one attached hydrogen (secondary N) is 1. The third-order valence-corrected chi connectivity index (χ3v) is 4.32. The fraction of sp³-hybridized carbons (Fsp3) is 0.524. The average Bonchev–Trinajstić information content (AvgIpc) is 3.00. The van der Waals surface area contributed by atoms with E-state index in [0.29, 0.717) is 12.2 Å². The number of aromatic nitrogens is 2. The largest absolute Gasteiger partial charge is 0.494 e. The summed E-state index contributed by atoms with van der Waals surface area (Å²) in [7, 11) is 1.79.